The van der Waals surface area contributed by atoms with Gasteiger partial charge in [0, 0.05) is 32.7 Å². The van der Waals surface area contributed by atoms with Gasteiger partial charge in [0.1, 0.15) is 16.7 Å². The Kier molecular flexibility index (Phi) is 5.05. The minimum absolute atomic E-state index is 0.832. The number of fused-ring (bicyclic) bond motifs is 11. The van der Waals surface area contributed by atoms with Crippen molar-refractivity contribution in [2.75, 3.05) is 0 Å². The number of aromatic nitrogens is 3. The zero-order valence-corrected chi connectivity index (χ0v) is 25.6. The summed E-state index contributed by atoms with van der Waals surface area (Å²) >= 11 is 0. The monoisotopic (exact) mass is 615 g/mol. The van der Waals surface area contributed by atoms with Crippen molar-refractivity contribution in [2.45, 2.75) is 0 Å². The number of para-hydroxylation sites is 8. The van der Waals surface area contributed by atoms with Crippen LogP contribution in [0.2, 0.25) is 0 Å². The third-order valence-electron chi connectivity index (χ3n) is 9.74. The molecule has 7 aromatic carbocycles. The summed E-state index contributed by atoms with van der Waals surface area (Å²) in [5.41, 5.74) is 13.0. The minimum atomic E-state index is 0.832. The van der Waals surface area contributed by atoms with Crippen molar-refractivity contribution in [2.24, 2.45) is 0 Å². The predicted molar refractivity (Wildman–Crippen MR) is 195 cm³/mol. The Bertz CT molecular complexity index is 3080. The van der Waals surface area contributed by atoms with Gasteiger partial charge in [-0.1, -0.05) is 109 Å². The van der Waals surface area contributed by atoms with Crippen LogP contribution in [0.4, 0.5) is 0 Å². The number of rotatable bonds is 3. The molecular weight excluding hydrogens is 590 g/mol. The number of benzene rings is 7. The number of furan rings is 2. The lowest BCUT2D eigenvalue weighted by atomic mass is 9.96. The molecule has 0 fully saturated rings. The van der Waals surface area contributed by atoms with Gasteiger partial charge in [0.25, 0.3) is 0 Å². The Morgan fingerprint density at radius 3 is 1.83 bits per heavy atom. The van der Waals surface area contributed by atoms with Crippen molar-refractivity contribution in [1.82, 2.24) is 14.0 Å². The van der Waals surface area contributed by atoms with Crippen LogP contribution in [-0.4, -0.2) is 14.0 Å². The highest BCUT2D eigenvalue weighted by molar-refractivity contribution is 6.13. The average Bonchev–Trinajstić information content (AvgIpc) is 3.90. The summed E-state index contributed by atoms with van der Waals surface area (Å²) in [5, 5.41) is 4.40. The number of imidazole rings is 2. The number of hydrogen-bond acceptors (Lipinski definition) is 3. The van der Waals surface area contributed by atoms with E-state index in [2.05, 4.69) is 142 Å². The van der Waals surface area contributed by atoms with Gasteiger partial charge in [-0.3, -0.25) is 8.97 Å². The van der Waals surface area contributed by atoms with Gasteiger partial charge in [0.15, 0.2) is 5.58 Å². The average molecular weight is 616 g/mol. The fourth-order valence-electron chi connectivity index (χ4n) is 7.63. The molecule has 0 amide bonds. The fraction of sp³-hybridized carbons (Fsp3) is 0. The molecule has 0 bridgehead atoms. The normalized spacial score (nSPS) is 12.2. The first-order valence-corrected chi connectivity index (χ1v) is 16.1. The predicted octanol–water partition coefficient (Wildman–Crippen LogP) is 11.6. The molecule has 11 rings (SSSR count). The summed E-state index contributed by atoms with van der Waals surface area (Å²) in [6.45, 7) is 0. The maximum absolute atomic E-state index is 6.94. The van der Waals surface area contributed by atoms with Crippen LogP contribution >= 0.6 is 0 Å². The summed E-state index contributed by atoms with van der Waals surface area (Å²) < 4.78 is 17.8. The zero-order valence-electron chi connectivity index (χ0n) is 25.6. The van der Waals surface area contributed by atoms with Crippen molar-refractivity contribution in [3.63, 3.8) is 0 Å². The van der Waals surface area contributed by atoms with Crippen LogP contribution in [0.25, 0.3) is 99.7 Å². The first-order valence-electron chi connectivity index (χ1n) is 16.1. The Balaban J connectivity index is 1.13. The van der Waals surface area contributed by atoms with Crippen LogP contribution in [0, 0.1) is 0 Å². The molecule has 4 heterocycles. The van der Waals surface area contributed by atoms with E-state index < -0.39 is 0 Å². The molecule has 0 N–H and O–H groups in total. The van der Waals surface area contributed by atoms with Crippen LogP contribution in [0.3, 0.4) is 0 Å². The summed E-state index contributed by atoms with van der Waals surface area (Å²) in [4.78, 5) is 5.11. The minimum Gasteiger partial charge on any atom is -0.455 e. The molecule has 224 valence electrons. The van der Waals surface area contributed by atoms with Crippen LogP contribution < -0.4 is 0 Å². The third-order valence-corrected chi connectivity index (χ3v) is 9.74. The van der Waals surface area contributed by atoms with Crippen LogP contribution in [0.15, 0.2) is 160 Å². The van der Waals surface area contributed by atoms with Gasteiger partial charge in [0.2, 0.25) is 5.78 Å². The maximum Gasteiger partial charge on any atom is 0.220 e. The topological polar surface area (TPSA) is 48.5 Å². The van der Waals surface area contributed by atoms with E-state index in [9.17, 15) is 0 Å². The molecule has 0 atom stereocenters. The van der Waals surface area contributed by atoms with E-state index in [0.717, 1.165) is 99.7 Å². The van der Waals surface area contributed by atoms with E-state index >= 15 is 0 Å². The third kappa shape index (κ3) is 3.42. The fourth-order valence-corrected chi connectivity index (χ4v) is 7.63. The van der Waals surface area contributed by atoms with Crippen LogP contribution in [0.1, 0.15) is 0 Å². The van der Waals surface area contributed by atoms with Crippen LogP contribution in [0.5, 0.6) is 0 Å². The lowest BCUT2D eigenvalue weighted by Crippen LogP contribution is -1.95. The lowest BCUT2D eigenvalue weighted by Gasteiger charge is -2.07. The Labute approximate surface area is 273 Å². The molecule has 0 unspecified atom stereocenters. The Morgan fingerprint density at radius 2 is 1.02 bits per heavy atom. The molecule has 0 radical (unpaired) electrons. The summed E-state index contributed by atoms with van der Waals surface area (Å²) in [6.07, 6.45) is 0. The second-order valence-electron chi connectivity index (χ2n) is 12.4. The van der Waals surface area contributed by atoms with E-state index in [4.69, 9.17) is 13.8 Å². The van der Waals surface area contributed by atoms with Gasteiger partial charge in [-0.15, -0.1) is 0 Å². The molecule has 48 heavy (non-hydrogen) atoms. The largest absolute Gasteiger partial charge is 0.455 e. The van der Waals surface area contributed by atoms with Gasteiger partial charge < -0.3 is 8.83 Å². The Morgan fingerprint density at radius 1 is 0.438 bits per heavy atom. The van der Waals surface area contributed by atoms with E-state index in [1.165, 1.54) is 0 Å². The number of hydrogen-bond donors (Lipinski definition) is 0. The van der Waals surface area contributed by atoms with Gasteiger partial charge in [-0.05, 0) is 53.6 Å². The molecule has 0 aliphatic rings. The van der Waals surface area contributed by atoms with E-state index in [1.807, 2.05) is 18.2 Å². The van der Waals surface area contributed by atoms with Gasteiger partial charge >= 0.3 is 0 Å². The van der Waals surface area contributed by atoms with E-state index in [1.54, 1.807) is 0 Å². The van der Waals surface area contributed by atoms with Gasteiger partial charge in [-0.25, -0.2) is 4.98 Å². The van der Waals surface area contributed by atoms with E-state index in [0.29, 0.717) is 0 Å². The molecule has 5 heteroatoms. The zero-order chi connectivity index (χ0) is 31.3. The first-order chi connectivity index (χ1) is 23.8. The standard InChI is InChI=1S/C43H25N3O2/c1-6-24-39-30(13-1)31-16-8-14-28(40(31)47-39)26-11-7-12-27(25-26)29-15-9-17-32-33-18-10-23-38(42(33)48-41(29)32)46-37-22-5-4-21-36(37)45-35-20-3-2-19-34(35)44-43(45)46/h1-25H. The van der Waals surface area contributed by atoms with Crippen molar-refractivity contribution in [1.29, 1.82) is 0 Å². The van der Waals surface area contributed by atoms with Crippen LogP contribution in [-0.2, 0) is 0 Å². The van der Waals surface area contributed by atoms with Crippen molar-refractivity contribution in [3.8, 4) is 27.9 Å². The molecule has 11 aromatic rings. The lowest BCUT2D eigenvalue weighted by molar-refractivity contribution is 0.667. The second-order valence-corrected chi connectivity index (χ2v) is 12.4. The smallest absolute Gasteiger partial charge is 0.220 e. The molecule has 4 aromatic heterocycles. The molecule has 0 aliphatic heterocycles. The second kappa shape index (κ2) is 9.47. The molecule has 0 saturated heterocycles. The highest BCUT2D eigenvalue weighted by Gasteiger charge is 2.21. The van der Waals surface area contributed by atoms with Crippen molar-refractivity contribution in [3.05, 3.63) is 152 Å². The maximum atomic E-state index is 6.94. The molecule has 0 spiro atoms. The summed E-state index contributed by atoms with van der Waals surface area (Å²) in [7, 11) is 0. The first kappa shape index (κ1) is 25.6. The van der Waals surface area contributed by atoms with Crippen molar-refractivity contribution >= 4 is 71.7 Å². The molecule has 0 saturated carbocycles. The van der Waals surface area contributed by atoms with E-state index in [-0.39, 0.29) is 0 Å². The Hall–Kier alpha value is -6.59. The summed E-state index contributed by atoms with van der Waals surface area (Å²) in [5.74, 6) is 0.859. The number of nitrogens with zero attached hydrogens (tertiary/aromatic N) is 3. The van der Waals surface area contributed by atoms with Gasteiger partial charge in [-0.2, -0.15) is 0 Å². The quantitative estimate of drug-likeness (QED) is 0.199. The molecule has 0 aliphatic carbocycles. The summed E-state index contributed by atoms with van der Waals surface area (Å²) in [6, 6.07) is 52.9. The highest BCUT2D eigenvalue weighted by atomic mass is 16.3. The molecule has 5 nitrogen and oxygen atoms in total. The van der Waals surface area contributed by atoms with Gasteiger partial charge in [0.05, 0.1) is 27.8 Å². The SMILES string of the molecule is c1cc(-c2cccc3c2oc2ccccc23)cc(-c2cccc3c2oc2c(-n4c5ccccc5n5c6ccccc6nc45)cccc23)c1. The van der Waals surface area contributed by atoms with Crippen molar-refractivity contribution < 1.29 is 8.83 Å². The highest BCUT2D eigenvalue weighted by Crippen LogP contribution is 2.42. The molecular formula is C43H25N3O2.